The molecule has 0 spiro atoms. The van der Waals surface area contributed by atoms with Crippen molar-refractivity contribution >= 4 is 23.3 Å². The van der Waals surface area contributed by atoms with Crippen LogP contribution in [0.1, 0.15) is 13.3 Å². The van der Waals surface area contributed by atoms with E-state index in [0.717, 1.165) is 23.4 Å². The molecule has 0 bridgehead atoms. The molecule has 1 aliphatic heterocycles. The molecule has 2 heterocycles. The average molecular weight is 318 g/mol. The predicted molar refractivity (Wildman–Crippen MR) is 86.0 cm³/mol. The van der Waals surface area contributed by atoms with E-state index >= 15 is 0 Å². The Balaban J connectivity index is 1.66. The van der Waals surface area contributed by atoms with E-state index in [9.17, 15) is 4.79 Å². The van der Waals surface area contributed by atoms with Crippen LogP contribution >= 0.6 is 11.5 Å². The van der Waals surface area contributed by atoms with Crippen LogP contribution < -0.4 is 5.32 Å². The number of carbonyl (C=O) groups is 1. The first-order valence-corrected chi connectivity index (χ1v) is 8.14. The number of morpholine rings is 1. The zero-order valence-electron chi connectivity index (χ0n) is 12.4. The number of hydrogen-bond acceptors (Lipinski definition) is 5. The van der Waals surface area contributed by atoms with Gasteiger partial charge in [0.1, 0.15) is 5.69 Å². The Labute approximate surface area is 133 Å². The molecule has 0 radical (unpaired) electrons. The minimum Gasteiger partial charge on any atom is -0.377 e. The fourth-order valence-electron chi connectivity index (χ4n) is 2.47. The maximum atomic E-state index is 12.4. The largest absolute Gasteiger partial charge is 0.377 e. The molecule has 22 heavy (non-hydrogen) atoms. The summed E-state index contributed by atoms with van der Waals surface area (Å²) in [6, 6.07) is 7.71. The lowest BCUT2D eigenvalue weighted by Gasteiger charge is -2.35. The van der Waals surface area contributed by atoms with Crippen LogP contribution in [0.3, 0.4) is 0 Å². The molecule has 1 saturated heterocycles. The smallest absolute Gasteiger partial charge is 0.322 e. The molecule has 1 aromatic carbocycles. The third kappa shape index (κ3) is 3.26. The summed E-state index contributed by atoms with van der Waals surface area (Å²) in [5, 5.41) is 8.87. The van der Waals surface area contributed by atoms with Crippen molar-refractivity contribution in [2.75, 3.05) is 25.1 Å². The van der Waals surface area contributed by atoms with Crippen molar-refractivity contribution in [2.24, 2.45) is 0 Å². The normalized spacial score (nSPS) is 18.2. The number of nitrogens with one attached hydrogen (secondary N) is 1. The molecule has 1 aliphatic rings. The number of amides is 2. The fourth-order valence-corrected chi connectivity index (χ4v) is 2.94. The van der Waals surface area contributed by atoms with Gasteiger partial charge >= 0.3 is 6.03 Å². The minimum absolute atomic E-state index is 0.0711. The first-order chi connectivity index (χ1) is 10.8. The summed E-state index contributed by atoms with van der Waals surface area (Å²) < 4.78 is 9.28. The van der Waals surface area contributed by atoms with Crippen molar-refractivity contribution in [3.05, 3.63) is 29.6 Å². The maximum Gasteiger partial charge on any atom is 0.322 e. The number of nitrogens with zero attached hydrogens (tertiary/aromatic N) is 3. The second kappa shape index (κ2) is 6.85. The van der Waals surface area contributed by atoms with Gasteiger partial charge in [-0.15, -0.1) is 5.10 Å². The van der Waals surface area contributed by atoms with Gasteiger partial charge in [-0.2, -0.15) is 0 Å². The van der Waals surface area contributed by atoms with Gasteiger partial charge in [0.25, 0.3) is 0 Å². The monoisotopic (exact) mass is 318 g/mol. The number of anilines is 1. The molecule has 0 saturated carbocycles. The van der Waals surface area contributed by atoms with E-state index in [-0.39, 0.29) is 12.1 Å². The van der Waals surface area contributed by atoms with Crippen molar-refractivity contribution in [2.45, 2.75) is 19.4 Å². The van der Waals surface area contributed by atoms with Gasteiger partial charge in [-0.05, 0) is 30.1 Å². The van der Waals surface area contributed by atoms with Gasteiger partial charge in [0, 0.05) is 23.2 Å². The Morgan fingerprint density at radius 3 is 2.95 bits per heavy atom. The Bertz CT molecular complexity index is 615. The third-order valence-corrected chi connectivity index (χ3v) is 4.26. The van der Waals surface area contributed by atoms with Crippen LogP contribution in [0.4, 0.5) is 10.5 Å². The van der Waals surface area contributed by atoms with E-state index in [1.165, 1.54) is 11.5 Å². The molecule has 0 aliphatic carbocycles. The quantitative estimate of drug-likeness (QED) is 0.945. The van der Waals surface area contributed by atoms with Crippen LogP contribution in [0.2, 0.25) is 0 Å². The van der Waals surface area contributed by atoms with Crippen LogP contribution in [0.5, 0.6) is 0 Å². The molecular weight excluding hydrogens is 300 g/mol. The van der Waals surface area contributed by atoms with Gasteiger partial charge in [-0.3, -0.25) is 0 Å². The summed E-state index contributed by atoms with van der Waals surface area (Å²) in [5.41, 5.74) is 2.62. The van der Waals surface area contributed by atoms with E-state index in [4.69, 9.17) is 4.74 Å². The highest BCUT2D eigenvalue weighted by molar-refractivity contribution is 7.03. The molecule has 1 aromatic heterocycles. The van der Waals surface area contributed by atoms with E-state index in [1.807, 2.05) is 34.5 Å². The molecule has 1 atom stereocenters. The van der Waals surface area contributed by atoms with Gasteiger partial charge in [0.2, 0.25) is 0 Å². The summed E-state index contributed by atoms with van der Waals surface area (Å²) in [6.45, 7) is 3.91. The van der Waals surface area contributed by atoms with Gasteiger partial charge in [0.05, 0.1) is 19.3 Å². The highest BCUT2D eigenvalue weighted by Crippen LogP contribution is 2.21. The van der Waals surface area contributed by atoms with Crippen molar-refractivity contribution in [1.29, 1.82) is 0 Å². The molecule has 1 N–H and O–H groups in total. The molecule has 6 nitrogen and oxygen atoms in total. The summed E-state index contributed by atoms with van der Waals surface area (Å²) >= 11 is 1.32. The number of urea groups is 1. The van der Waals surface area contributed by atoms with Crippen LogP contribution in [0.15, 0.2) is 29.6 Å². The van der Waals surface area contributed by atoms with Gasteiger partial charge < -0.3 is 15.0 Å². The van der Waals surface area contributed by atoms with Crippen LogP contribution in [-0.2, 0) is 4.74 Å². The average Bonchev–Trinajstić information content (AvgIpc) is 3.10. The van der Waals surface area contributed by atoms with Crippen molar-refractivity contribution < 1.29 is 9.53 Å². The number of benzene rings is 1. The Morgan fingerprint density at radius 2 is 2.27 bits per heavy atom. The number of aromatic nitrogens is 2. The molecule has 2 aromatic rings. The highest BCUT2D eigenvalue weighted by atomic mass is 32.1. The lowest BCUT2D eigenvalue weighted by Crippen LogP contribution is -2.50. The Kier molecular flexibility index (Phi) is 4.65. The van der Waals surface area contributed by atoms with Gasteiger partial charge in [-0.25, -0.2) is 4.79 Å². The number of rotatable bonds is 3. The lowest BCUT2D eigenvalue weighted by molar-refractivity contribution is 0.0144. The standard InChI is InChI=1S/C15H18N4O2S/c1-2-13-9-21-8-7-19(13)15(20)16-12-5-3-11(4-6-12)14-10-22-18-17-14/h3-6,10,13H,2,7-9H2,1H3,(H,16,20)/t13-/m0/s1. The summed E-state index contributed by atoms with van der Waals surface area (Å²) in [5.74, 6) is 0. The molecule has 7 heteroatoms. The van der Waals surface area contributed by atoms with E-state index in [0.29, 0.717) is 19.8 Å². The van der Waals surface area contributed by atoms with Crippen molar-refractivity contribution in [3.8, 4) is 11.3 Å². The zero-order valence-corrected chi connectivity index (χ0v) is 13.2. The van der Waals surface area contributed by atoms with E-state index < -0.39 is 0 Å². The molecule has 116 valence electrons. The molecule has 1 fully saturated rings. The predicted octanol–water partition coefficient (Wildman–Crippen LogP) is 2.85. The van der Waals surface area contributed by atoms with E-state index in [2.05, 4.69) is 21.8 Å². The summed E-state index contributed by atoms with van der Waals surface area (Å²) in [7, 11) is 0. The minimum atomic E-state index is -0.0711. The summed E-state index contributed by atoms with van der Waals surface area (Å²) in [4.78, 5) is 14.2. The Morgan fingerprint density at radius 1 is 1.45 bits per heavy atom. The molecular formula is C15H18N4O2S. The fraction of sp³-hybridized carbons (Fsp3) is 0.400. The second-order valence-corrected chi connectivity index (χ2v) is 5.74. The lowest BCUT2D eigenvalue weighted by atomic mass is 10.1. The Hall–Kier alpha value is -1.99. The molecule has 0 unspecified atom stereocenters. The topological polar surface area (TPSA) is 67.3 Å². The first-order valence-electron chi connectivity index (χ1n) is 7.31. The van der Waals surface area contributed by atoms with Crippen molar-refractivity contribution in [1.82, 2.24) is 14.5 Å². The maximum absolute atomic E-state index is 12.4. The second-order valence-electron chi connectivity index (χ2n) is 5.13. The first kappa shape index (κ1) is 14.9. The van der Waals surface area contributed by atoms with E-state index in [1.54, 1.807) is 0 Å². The van der Waals surface area contributed by atoms with Crippen LogP contribution in [-0.4, -0.2) is 46.3 Å². The number of carbonyl (C=O) groups excluding carboxylic acids is 1. The van der Waals surface area contributed by atoms with Gasteiger partial charge in [0.15, 0.2) is 0 Å². The van der Waals surface area contributed by atoms with Gasteiger partial charge in [-0.1, -0.05) is 23.5 Å². The molecule has 3 rings (SSSR count). The van der Waals surface area contributed by atoms with Crippen molar-refractivity contribution in [3.63, 3.8) is 0 Å². The zero-order chi connectivity index (χ0) is 15.4. The summed E-state index contributed by atoms with van der Waals surface area (Å²) in [6.07, 6.45) is 0.892. The highest BCUT2D eigenvalue weighted by Gasteiger charge is 2.25. The number of ether oxygens (including phenoxy) is 1. The molecule has 2 amide bonds. The third-order valence-electron chi connectivity index (χ3n) is 3.75. The SMILES string of the molecule is CC[C@H]1COCCN1C(=O)Nc1ccc(-c2csnn2)cc1. The number of hydrogen-bond donors (Lipinski definition) is 1. The van der Waals surface area contributed by atoms with Crippen LogP contribution in [0, 0.1) is 0 Å². The van der Waals surface area contributed by atoms with Crippen LogP contribution in [0.25, 0.3) is 11.3 Å².